The molecule has 0 amide bonds. The molecule has 0 heterocycles. The second kappa shape index (κ2) is 10.7. The predicted molar refractivity (Wildman–Crippen MR) is 119 cm³/mol. The van der Waals surface area contributed by atoms with Crippen molar-refractivity contribution in [3.05, 3.63) is 108 Å². The zero-order chi connectivity index (χ0) is 21.2. The lowest BCUT2D eigenvalue weighted by Crippen LogP contribution is -2.42. The van der Waals surface area contributed by atoms with Crippen LogP contribution in [-0.4, -0.2) is 44.7 Å². The van der Waals surface area contributed by atoms with Crippen molar-refractivity contribution >= 4 is 5.97 Å². The molecule has 4 nitrogen and oxygen atoms in total. The molecule has 0 bridgehead atoms. The molecule has 4 heteroatoms. The van der Waals surface area contributed by atoms with Crippen LogP contribution in [0.2, 0.25) is 0 Å². The van der Waals surface area contributed by atoms with Gasteiger partial charge < -0.3 is 14.4 Å². The zero-order valence-corrected chi connectivity index (χ0v) is 17.7. The molecule has 0 radical (unpaired) electrons. The van der Waals surface area contributed by atoms with E-state index in [0.29, 0.717) is 26.2 Å². The van der Waals surface area contributed by atoms with Crippen LogP contribution in [0, 0.1) is 0 Å². The quantitative estimate of drug-likeness (QED) is 0.473. The van der Waals surface area contributed by atoms with Crippen molar-refractivity contribution < 1.29 is 14.3 Å². The van der Waals surface area contributed by atoms with Gasteiger partial charge in [0.15, 0.2) is 0 Å². The summed E-state index contributed by atoms with van der Waals surface area (Å²) in [6.07, 6.45) is 0.702. The number of esters is 1. The average Bonchev–Trinajstić information content (AvgIpc) is 2.78. The molecule has 0 aliphatic carbocycles. The SMILES string of the molecule is CN(C)CCOC(=O)C(OCCc1ccccc1)(c1ccccc1)c1ccccc1. The predicted octanol–water partition coefficient (Wildman–Crippen LogP) is 4.29. The summed E-state index contributed by atoms with van der Waals surface area (Å²) in [6.45, 7) is 1.33. The topological polar surface area (TPSA) is 38.8 Å². The van der Waals surface area contributed by atoms with Crippen molar-refractivity contribution in [1.29, 1.82) is 0 Å². The number of hydrogen-bond acceptors (Lipinski definition) is 4. The third-order valence-electron chi connectivity index (χ3n) is 4.97. The maximum atomic E-state index is 13.5. The highest BCUT2D eigenvalue weighted by Gasteiger charge is 2.45. The van der Waals surface area contributed by atoms with E-state index in [0.717, 1.165) is 16.7 Å². The standard InChI is InChI=1S/C26H29NO3/c1-27(2)19-21-29-25(28)26(23-14-8-4-9-15-23,24-16-10-5-11-17-24)30-20-18-22-12-6-3-7-13-22/h3-17H,18-21H2,1-2H3. The van der Waals surface area contributed by atoms with Crippen molar-refractivity contribution in [1.82, 2.24) is 4.90 Å². The first kappa shape index (κ1) is 21.8. The summed E-state index contributed by atoms with van der Waals surface area (Å²) in [5.41, 5.74) is 1.37. The van der Waals surface area contributed by atoms with Crippen LogP contribution in [0.3, 0.4) is 0 Å². The van der Waals surface area contributed by atoms with Gasteiger partial charge in [0, 0.05) is 6.54 Å². The van der Waals surface area contributed by atoms with Crippen LogP contribution in [0.1, 0.15) is 16.7 Å². The molecule has 30 heavy (non-hydrogen) atoms. The molecule has 0 saturated heterocycles. The lowest BCUT2D eigenvalue weighted by molar-refractivity contribution is -0.169. The summed E-state index contributed by atoms with van der Waals surface area (Å²) in [7, 11) is 3.90. The lowest BCUT2D eigenvalue weighted by Gasteiger charge is -2.33. The lowest BCUT2D eigenvalue weighted by atomic mass is 9.86. The highest BCUT2D eigenvalue weighted by atomic mass is 16.6. The van der Waals surface area contributed by atoms with Crippen molar-refractivity contribution in [2.75, 3.05) is 33.9 Å². The fourth-order valence-electron chi connectivity index (χ4n) is 3.36. The monoisotopic (exact) mass is 403 g/mol. The summed E-state index contributed by atoms with van der Waals surface area (Å²) < 4.78 is 12.2. The van der Waals surface area contributed by atoms with E-state index in [9.17, 15) is 4.79 Å². The van der Waals surface area contributed by atoms with Gasteiger partial charge in [0.1, 0.15) is 6.61 Å². The van der Waals surface area contributed by atoms with Gasteiger partial charge in [-0.3, -0.25) is 0 Å². The highest BCUT2D eigenvalue weighted by Crippen LogP contribution is 2.35. The van der Waals surface area contributed by atoms with Gasteiger partial charge in [0.25, 0.3) is 0 Å². The number of ether oxygens (including phenoxy) is 2. The van der Waals surface area contributed by atoms with Crippen LogP contribution in [0.5, 0.6) is 0 Å². The molecule has 3 rings (SSSR count). The van der Waals surface area contributed by atoms with Crippen LogP contribution < -0.4 is 0 Å². The minimum Gasteiger partial charge on any atom is -0.462 e. The van der Waals surface area contributed by atoms with E-state index in [-0.39, 0.29) is 0 Å². The fourth-order valence-corrected chi connectivity index (χ4v) is 3.36. The molecular formula is C26H29NO3. The smallest absolute Gasteiger partial charge is 0.347 e. The van der Waals surface area contributed by atoms with Crippen LogP contribution in [-0.2, 0) is 26.3 Å². The molecule has 0 N–H and O–H groups in total. The first-order valence-corrected chi connectivity index (χ1v) is 10.2. The summed E-state index contributed by atoms with van der Waals surface area (Å²) >= 11 is 0. The first-order chi connectivity index (χ1) is 14.6. The maximum Gasteiger partial charge on any atom is 0.347 e. The molecule has 0 aliphatic rings. The summed E-state index contributed by atoms with van der Waals surface area (Å²) in [5.74, 6) is -0.394. The minimum atomic E-state index is -1.32. The molecule has 0 aliphatic heterocycles. The molecule has 0 aromatic heterocycles. The van der Waals surface area contributed by atoms with E-state index >= 15 is 0 Å². The minimum absolute atomic E-state index is 0.301. The van der Waals surface area contributed by atoms with Crippen LogP contribution in [0.25, 0.3) is 0 Å². The third-order valence-corrected chi connectivity index (χ3v) is 4.97. The molecular weight excluding hydrogens is 374 g/mol. The number of nitrogens with zero attached hydrogens (tertiary/aromatic N) is 1. The number of likely N-dealkylation sites (N-methyl/N-ethyl adjacent to an activating group) is 1. The van der Waals surface area contributed by atoms with Crippen molar-refractivity contribution in [2.24, 2.45) is 0 Å². The Morgan fingerprint density at radius 3 is 1.77 bits per heavy atom. The van der Waals surface area contributed by atoms with Gasteiger partial charge in [-0.1, -0.05) is 91.0 Å². The Labute approximate surface area is 179 Å². The molecule has 3 aromatic carbocycles. The van der Waals surface area contributed by atoms with E-state index in [1.54, 1.807) is 0 Å². The molecule has 0 saturated carbocycles. The molecule has 0 spiro atoms. The Kier molecular flexibility index (Phi) is 7.77. The second-order valence-electron chi connectivity index (χ2n) is 7.44. The largest absolute Gasteiger partial charge is 0.462 e. The van der Waals surface area contributed by atoms with E-state index in [1.165, 1.54) is 0 Å². The van der Waals surface area contributed by atoms with Gasteiger partial charge in [-0.25, -0.2) is 4.79 Å². The summed E-state index contributed by atoms with van der Waals surface area (Å²) in [5, 5.41) is 0. The Balaban J connectivity index is 1.94. The normalized spacial score (nSPS) is 11.4. The third kappa shape index (κ3) is 5.35. The van der Waals surface area contributed by atoms with Gasteiger partial charge in [-0.05, 0) is 37.2 Å². The molecule has 3 aromatic rings. The highest BCUT2D eigenvalue weighted by molar-refractivity contribution is 5.85. The van der Waals surface area contributed by atoms with Gasteiger partial charge in [0.2, 0.25) is 5.60 Å². The van der Waals surface area contributed by atoms with E-state index in [4.69, 9.17) is 9.47 Å². The van der Waals surface area contributed by atoms with Crippen LogP contribution in [0.15, 0.2) is 91.0 Å². The number of hydrogen-bond donors (Lipinski definition) is 0. The van der Waals surface area contributed by atoms with Crippen LogP contribution >= 0.6 is 0 Å². The number of carbonyl (C=O) groups is 1. The Morgan fingerprint density at radius 1 is 0.767 bits per heavy atom. The molecule has 0 unspecified atom stereocenters. The Morgan fingerprint density at radius 2 is 1.27 bits per heavy atom. The average molecular weight is 404 g/mol. The molecule has 0 fully saturated rings. The summed E-state index contributed by atoms with van der Waals surface area (Å²) in [4.78, 5) is 15.5. The van der Waals surface area contributed by atoms with E-state index in [1.807, 2.05) is 97.9 Å². The van der Waals surface area contributed by atoms with Gasteiger partial charge in [-0.15, -0.1) is 0 Å². The zero-order valence-electron chi connectivity index (χ0n) is 17.7. The molecule has 0 atom stereocenters. The fraction of sp³-hybridized carbons (Fsp3) is 0.269. The Bertz CT molecular complexity index is 856. The van der Waals surface area contributed by atoms with Gasteiger partial charge in [-0.2, -0.15) is 0 Å². The number of rotatable bonds is 10. The second-order valence-corrected chi connectivity index (χ2v) is 7.44. The Hall–Kier alpha value is -2.95. The number of carbonyl (C=O) groups excluding carboxylic acids is 1. The van der Waals surface area contributed by atoms with Crippen molar-refractivity contribution in [3.8, 4) is 0 Å². The van der Waals surface area contributed by atoms with Gasteiger partial charge >= 0.3 is 5.97 Å². The maximum absolute atomic E-state index is 13.5. The first-order valence-electron chi connectivity index (χ1n) is 10.2. The van der Waals surface area contributed by atoms with Crippen LogP contribution in [0.4, 0.5) is 0 Å². The van der Waals surface area contributed by atoms with E-state index < -0.39 is 11.6 Å². The van der Waals surface area contributed by atoms with Crippen molar-refractivity contribution in [2.45, 2.75) is 12.0 Å². The van der Waals surface area contributed by atoms with Crippen molar-refractivity contribution in [3.63, 3.8) is 0 Å². The van der Waals surface area contributed by atoms with Gasteiger partial charge in [0.05, 0.1) is 6.61 Å². The number of benzene rings is 3. The summed E-state index contributed by atoms with van der Waals surface area (Å²) in [6, 6.07) is 29.3. The molecule has 156 valence electrons. The van der Waals surface area contributed by atoms with E-state index in [2.05, 4.69) is 12.1 Å².